The van der Waals surface area contributed by atoms with Crippen LogP contribution in [-0.4, -0.2) is 22.6 Å². The summed E-state index contributed by atoms with van der Waals surface area (Å²) in [6.45, 7) is 0. The lowest BCUT2D eigenvalue weighted by atomic mass is 10.2. The molecule has 0 aromatic heterocycles. The third-order valence-corrected chi connectivity index (χ3v) is 4.23. The van der Waals surface area contributed by atoms with E-state index in [-0.39, 0.29) is 17.1 Å². The van der Waals surface area contributed by atoms with Crippen LogP contribution in [0.15, 0.2) is 24.3 Å². The van der Waals surface area contributed by atoms with Gasteiger partial charge in [0.25, 0.3) is 0 Å². The van der Waals surface area contributed by atoms with Gasteiger partial charge in [-0.25, -0.2) is 4.39 Å². The number of thioether (sulfide) groups is 1. The van der Waals surface area contributed by atoms with Crippen LogP contribution in [0.1, 0.15) is 23.8 Å². The van der Waals surface area contributed by atoms with Crippen molar-refractivity contribution in [3.8, 4) is 0 Å². The summed E-state index contributed by atoms with van der Waals surface area (Å²) in [4.78, 5) is 13.6. The Labute approximate surface area is 97.8 Å². The molecule has 84 valence electrons. The highest BCUT2D eigenvalue weighted by Gasteiger charge is 2.43. The maximum Gasteiger partial charge on any atom is 0.234 e. The van der Waals surface area contributed by atoms with Gasteiger partial charge < -0.3 is 4.90 Å². The number of carbonyl (C=O) groups excluding carboxylic acids is 1. The molecule has 1 aliphatic heterocycles. The van der Waals surface area contributed by atoms with Crippen molar-refractivity contribution in [2.75, 3.05) is 5.75 Å². The van der Waals surface area contributed by atoms with Gasteiger partial charge in [-0.15, -0.1) is 11.8 Å². The highest BCUT2D eigenvalue weighted by atomic mass is 32.2. The Hall–Kier alpha value is -1.03. The third-order valence-electron chi connectivity index (χ3n) is 3.02. The molecule has 0 radical (unpaired) electrons. The van der Waals surface area contributed by atoms with Gasteiger partial charge in [-0.3, -0.25) is 4.79 Å². The van der Waals surface area contributed by atoms with Crippen LogP contribution in [0.5, 0.6) is 0 Å². The fraction of sp³-hybridized carbons (Fsp3) is 0.417. The minimum absolute atomic E-state index is 0.110. The van der Waals surface area contributed by atoms with E-state index in [1.807, 2.05) is 11.0 Å². The predicted octanol–water partition coefficient (Wildman–Crippen LogP) is 2.56. The molecule has 2 fully saturated rings. The molecule has 4 heteroatoms. The molecule has 0 N–H and O–H groups in total. The van der Waals surface area contributed by atoms with Gasteiger partial charge in [-0.2, -0.15) is 0 Å². The molecule has 1 aromatic rings. The van der Waals surface area contributed by atoms with Crippen LogP contribution in [0.25, 0.3) is 0 Å². The monoisotopic (exact) mass is 237 g/mol. The normalized spacial score (nSPS) is 25.2. The number of amides is 1. The quantitative estimate of drug-likeness (QED) is 0.788. The molecule has 1 saturated carbocycles. The van der Waals surface area contributed by atoms with E-state index in [1.165, 1.54) is 17.8 Å². The van der Waals surface area contributed by atoms with Crippen molar-refractivity contribution in [1.82, 2.24) is 4.90 Å². The largest absolute Gasteiger partial charge is 0.323 e. The maximum absolute atomic E-state index is 13.7. The van der Waals surface area contributed by atoms with Crippen LogP contribution in [0.4, 0.5) is 4.39 Å². The van der Waals surface area contributed by atoms with E-state index in [2.05, 4.69) is 0 Å². The molecule has 3 rings (SSSR count). The van der Waals surface area contributed by atoms with Gasteiger partial charge in [0.1, 0.15) is 11.2 Å². The standard InChI is InChI=1S/C12H12FNOS/c13-10-4-2-1-3-9(10)12-14(8-5-6-8)11(15)7-16-12/h1-4,8,12H,5-7H2/t12-/m0/s1. The Kier molecular flexibility index (Phi) is 2.39. The summed E-state index contributed by atoms with van der Waals surface area (Å²) in [7, 11) is 0. The van der Waals surface area contributed by atoms with Crippen molar-refractivity contribution in [1.29, 1.82) is 0 Å². The second kappa shape index (κ2) is 3.77. The Morgan fingerprint density at radius 3 is 2.75 bits per heavy atom. The second-order valence-corrected chi connectivity index (χ2v) is 5.29. The lowest BCUT2D eigenvalue weighted by molar-refractivity contribution is -0.128. The SMILES string of the molecule is O=C1CS[C@@H](c2ccccc2F)N1C1CC1. The second-order valence-electron chi connectivity index (χ2n) is 4.22. The smallest absolute Gasteiger partial charge is 0.234 e. The zero-order valence-electron chi connectivity index (χ0n) is 8.73. The van der Waals surface area contributed by atoms with Gasteiger partial charge in [0.15, 0.2) is 0 Å². The summed E-state index contributed by atoms with van der Waals surface area (Å²) < 4.78 is 13.7. The topological polar surface area (TPSA) is 20.3 Å². The molecule has 1 atom stereocenters. The highest BCUT2D eigenvalue weighted by molar-refractivity contribution is 8.00. The van der Waals surface area contributed by atoms with E-state index in [0.29, 0.717) is 17.4 Å². The molecule has 0 bridgehead atoms. The van der Waals surface area contributed by atoms with E-state index in [0.717, 1.165) is 12.8 Å². The van der Waals surface area contributed by atoms with Gasteiger partial charge in [0.05, 0.1) is 5.75 Å². The number of hydrogen-bond donors (Lipinski definition) is 0. The van der Waals surface area contributed by atoms with Crippen molar-refractivity contribution < 1.29 is 9.18 Å². The molecular formula is C12H12FNOS. The number of nitrogens with zero attached hydrogens (tertiary/aromatic N) is 1. The summed E-state index contributed by atoms with van der Waals surface area (Å²) in [5.41, 5.74) is 0.644. The number of carbonyl (C=O) groups is 1. The number of halogens is 1. The molecule has 1 amide bonds. The van der Waals surface area contributed by atoms with E-state index >= 15 is 0 Å². The first-order chi connectivity index (χ1) is 7.77. The van der Waals surface area contributed by atoms with Gasteiger partial charge in [-0.05, 0) is 18.9 Å². The minimum atomic E-state index is -0.208. The predicted molar refractivity (Wildman–Crippen MR) is 61.5 cm³/mol. The zero-order chi connectivity index (χ0) is 11.1. The number of hydrogen-bond acceptors (Lipinski definition) is 2. The summed E-state index contributed by atoms with van der Waals surface area (Å²) in [5.74, 6) is 0.427. The first-order valence-corrected chi connectivity index (χ1v) is 6.49. The maximum atomic E-state index is 13.7. The molecule has 1 saturated heterocycles. The molecule has 1 aromatic carbocycles. The van der Waals surface area contributed by atoms with Crippen molar-refractivity contribution in [3.63, 3.8) is 0 Å². The summed E-state index contributed by atoms with van der Waals surface area (Å²) >= 11 is 1.53. The average molecular weight is 237 g/mol. The van der Waals surface area contributed by atoms with Crippen LogP contribution in [0, 0.1) is 5.82 Å². The number of rotatable bonds is 2. The molecule has 0 spiro atoms. The van der Waals surface area contributed by atoms with Crippen LogP contribution < -0.4 is 0 Å². The van der Waals surface area contributed by atoms with Crippen molar-refractivity contribution in [3.05, 3.63) is 35.6 Å². The summed E-state index contributed by atoms with van der Waals surface area (Å²) in [5, 5.41) is -0.110. The first kappa shape index (κ1) is 10.1. The van der Waals surface area contributed by atoms with E-state index in [9.17, 15) is 9.18 Å². The van der Waals surface area contributed by atoms with Gasteiger partial charge in [0, 0.05) is 11.6 Å². The Morgan fingerprint density at radius 2 is 2.06 bits per heavy atom. The Bertz CT molecular complexity index is 433. The molecule has 16 heavy (non-hydrogen) atoms. The minimum Gasteiger partial charge on any atom is -0.323 e. The molecular weight excluding hydrogens is 225 g/mol. The molecule has 0 unspecified atom stereocenters. The van der Waals surface area contributed by atoms with Crippen molar-refractivity contribution in [2.45, 2.75) is 24.3 Å². The number of benzene rings is 1. The molecule has 2 nitrogen and oxygen atoms in total. The van der Waals surface area contributed by atoms with Gasteiger partial charge in [-0.1, -0.05) is 18.2 Å². The van der Waals surface area contributed by atoms with E-state index in [4.69, 9.17) is 0 Å². The van der Waals surface area contributed by atoms with Crippen LogP contribution in [0.3, 0.4) is 0 Å². The first-order valence-electron chi connectivity index (χ1n) is 5.44. The molecule has 1 heterocycles. The van der Waals surface area contributed by atoms with Crippen LogP contribution in [-0.2, 0) is 4.79 Å². The Morgan fingerprint density at radius 1 is 1.31 bits per heavy atom. The molecule has 2 aliphatic rings. The lowest BCUT2D eigenvalue weighted by Gasteiger charge is -2.24. The fourth-order valence-corrected chi connectivity index (χ4v) is 3.37. The molecule has 1 aliphatic carbocycles. The fourth-order valence-electron chi connectivity index (χ4n) is 2.10. The lowest BCUT2D eigenvalue weighted by Crippen LogP contribution is -2.30. The highest BCUT2D eigenvalue weighted by Crippen LogP contribution is 2.45. The van der Waals surface area contributed by atoms with Gasteiger partial charge >= 0.3 is 0 Å². The average Bonchev–Trinajstić information content (AvgIpc) is 3.04. The third kappa shape index (κ3) is 1.61. The Balaban J connectivity index is 1.94. The van der Waals surface area contributed by atoms with Crippen LogP contribution >= 0.6 is 11.8 Å². The van der Waals surface area contributed by atoms with E-state index < -0.39 is 0 Å². The summed E-state index contributed by atoms with van der Waals surface area (Å²) in [6.07, 6.45) is 2.13. The summed E-state index contributed by atoms with van der Waals surface area (Å²) in [6, 6.07) is 7.10. The van der Waals surface area contributed by atoms with E-state index in [1.54, 1.807) is 12.1 Å². The van der Waals surface area contributed by atoms with Crippen molar-refractivity contribution in [2.24, 2.45) is 0 Å². The van der Waals surface area contributed by atoms with Crippen molar-refractivity contribution >= 4 is 17.7 Å². The van der Waals surface area contributed by atoms with Crippen LogP contribution in [0.2, 0.25) is 0 Å². The van der Waals surface area contributed by atoms with Gasteiger partial charge in [0.2, 0.25) is 5.91 Å². The zero-order valence-corrected chi connectivity index (χ0v) is 9.54.